The van der Waals surface area contributed by atoms with Crippen LogP contribution < -0.4 is 10.2 Å². The Bertz CT molecular complexity index is 133. The van der Waals surface area contributed by atoms with Crippen molar-refractivity contribution in [2.45, 2.75) is 13.2 Å². The van der Waals surface area contributed by atoms with Gasteiger partial charge in [0, 0.05) is 10.7 Å². The molecule has 86 valence electrons. The van der Waals surface area contributed by atoms with Gasteiger partial charge in [0.2, 0.25) is 0 Å². The molecule has 0 unspecified atom stereocenters. The van der Waals surface area contributed by atoms with Crippen LogP contribution in [0.4, 0.5) is 0 Å². The average molecular weight is 338 g/mol. The number of rotatable bonds is 2. The molecule has 0 fully saturated rings. The van der Waals surface area contributed by atoms with E-state index < -0.39 is 18.2 Å². The highest BCUT2D eigenvalue weighted by Crippen LogP contribution is 1.70. The predicted molar refractivity (Wildman–Crippen MR) is 51.5 cm³/mol. The van der Waals surface area contributed by atoms with Crippen molar-refractivity contribution in [1.29, 1.82) is 0 Å². The lowest BCUT2D eigenvalue weighted by molar-refractivity contribution is -0.302. The Labute approximate surface area is 97.8 Å². The molecule has 0 saturated heterocycles. The predicted octanol–water partition coefficient (Wildman–Crippen LogP) is -2.42. The third kappa shape index (κ3) is 94.8. The Balaban J connectivity index is -0.000000131. The lowest BCUT2D eigenvalue weighted by Crippen LogP contribution is -2.22. The second-order valence-corrected chi connectivity index (χ2v) is 2.76. The van der Waals surface area contributed by atoms with E-state index in [1.54, 1.807) is 0 Å². The number of carboxylic acids is 2. The molecule has 6 nitrogen and oxygen atoms in total. The maximum Gasteiger partial charge on any atom is 0.148 e. The van der Waals surface area contributed by atoms with Crippen LogP contribution in [-0.2, 0) is 9.59 Å². The van der Waals surface area contributed by atoms with Gasteiger partial charge in [0.05, 0.1) is 11.9 Å². The minimum Gasteiger partial charge on any atom is -0.549 e. The third-order valence-electron chi connectivity index (χ3n) is 0.218. The quantitative estimate of drug-likeness (QED) is 0.427. The van der Waals surface area contributed by atoms with Crippen molar-refractivity contribution in [1.82, 2.24) is 0 Å². The summed E-state index contributed by atoms with van der Waals surface area (Å²) in [5.74, 6) is -2.16. The molecule has 0 rings (SSSR count). The van der Waals surface area contributed by atoms with Crippen molar-refractivity contribution in [3.8, 4) is 0 Å². The van der Waals surface area contributed by atoms with Crippen LogP contribution in [0.15, 0.2) is 0 Å². The van der Waals surface area contributed by atoms with Crippen molar-refractivity contribution in [2.24, 2.45) is 0 Å². The van der Waals surface area contributed by atoms with Gasteiger partial charge in [-0.2, -0.15) is 0 Å². The van der Waals surface area contributed by atoms with Gasteiger partial charge < -0.3 is 30.0 Å². The summed E-state index contributed by atoms with van der Waals surface area (Å²) in [5.41, 5.74) is 0. The van der Waals surface area contributed by atoms with Crippen LogP contribution >= 0.6 is 31.9 Å². The fraction of sp³-hybridized carbons (Fsp3) is 0.667. The molecule has 0 amide bonds. The van der Waals surface area contributed by atoms with Gasteiger partial charge in [-0.1, -0.05) is 31.9 Å². The first-order chi connectivity index (χ1) is 6.27. The minimum absolute atomic E-state index is 0.0764. The summed E-state index contributed by atoms with van der Waals surface area (Å²) >= 11 is 5.30. The molecule has 0 atom stereocenters. The van der Waals surface area contributed by atoms with Crippen LogP contribution in [0, 0.1) is 0 Å². The van der Waals surface area contributed by atoms with Gasteiger partial charge in [-0.15, -0.1) is 0 Å². The second-order valence-electron chi connectivity index (χ2n) is 1.64. The van der Waals surface area contributed by atoms with Gasteiger partial charge in [-0.25, -0.2) is 0 Å². The van der Waals surface area contributed by atoms with Crippen molar-refractivity contribution >= 4 is 43.8 Å². The number of alkyl halides is 2. The van der Waals surface area contributed by atoms with Gasteiger partial charge in [-0.3, -0.25) is 0 Å². The maximum atomic E-state index is 9.21. The van der Waals surface area contributed by atoms with Crippen LogP contribution in [0.2, 0.25) is 0 Å². The number of carboxylic acid groups (broad SMARTS) is 2. The number of carbonyl (C=O) groups is 2. The average Bonchev–Trinajstić information content (AvgIpc) is 2.04. The Morgan fingerprint density at radius 2 is 1.21 bits per heavy atom. The molecular weight excluding hydrogens is 328 g/mol. The molecular formula is C6H10Br2O6-2. The summed E-state index contributed by atoms with van der Waals surface area (Å²) in [6.07, 6.45) is -1.17. The second kappa shape index (κ2) is 15.3. The summed E-state index contributed by atoms with van der Waals surface area (Å²) in [6.45, 7) is 1.28. The van der Waals surface area contributed by atoms with Crippen LogP contribution in [-0.4, -0.2) is 39.1 Å². The fourth-order valence-electron chi connectivity index (χ4n) is 0. The summed E-state index contributed by atoms with van der Waals surface area (Å²) in [5, 5.41) is 33.5. The smallest absolute Gasteiger partial charge is 0.148 e. The van der Waals surface area contributed by atoms with Crippen molar-refractivity contribution in [2.75, 3.05) is 10.7 Å². The first-order valence-electron chi connectivity index (χ1n) is 3.15. The van der Waals surface area contributed by atoms with E-state index in [9.17, 15) is 19.8 Å². The lowest BCUT2D eigenvalue weighted by Gasteiger charge is -1.85. The molecule has 0 aromatic carbocycles. The number of aliphatic hydroxyl groups excluding tert-OH is 1. The first-order valence-corrected chi connectivity index (χ1v) is 5.39. The lowest BCUT2D eigenvalue weighted by atomic mass is 10.8. The van der Waals surface area contributed by atoms with Gasteiger partial charge >= 0.3 is 0 Å². The summed E-state index contributed by atoms with van der Waals surface area (Å²) in [7, 11) is 0. The molecule has 0 aliphatic carbocycles. The van der Waals surface area contributed by atoms with E-state index in [4.69, 9.17) is 10.2 Å². The maximum absolute atomic E-state index is 9.21. The molecule has 0 saturated carbocycles. The van der Waals surface area contributed by atoms with Crippen molar-refractivity contribution in [3.63, 3.8) is 0 Å². The molecule has 0 radical (unpaired) electrons. The molecule has 14 heavy (non-hydrogen) atoms. The molecule has 0 aromatic rings. The van der Waals surface area contributed by atoms with E-state index in [0.29, 0.717) is 0 Å². The third-order valence-corrected chi connectivity index (χ3v) is 1.13. The Morgan fingerprint density at radius 3 is 1.21 bits per heavy atom. The molecule has 0 bridgehead atoms. The zero-order chi connectivity index (χ0) is 12.1. The zero-order valence-electron chi connectivity index (χ0n) is 7.27. The number of aliphatic hydroxyl groups is 2. The first kappa shape index (κ1) is 19.4. The SMILES string of the molecule is CC(O)O.O=C([O-])CBr.O=C([O-])CBr. The molecule has 0 aliphatic heterocycles. The number of aliphatic carboxylic acids is 2. The number of hydrogen-bond donors (Lipinski definition) is 2. The number of hydrogen-bond acceptors (Lipinski definition) is 6. The Morgan fingerprint density at radius 1 is 1.14 bits per heavy atom. The van der Waals surface area contributed by atoms with E-state index >= 15 is 0 Å². The van der Waals surface area contributed by atoms with Crippen LogP contribution in [0.1, 0.15) is 6.92 Å². The van der Waals surface area contributed by atoms with Crippen LogP contribution in [0.25, 0.3) is 0 Å². The standard InChI is InChI=1S/2C2H3BrO2.C2H6O2/c2*3-1-2(4)5;1-2(3)4/h2*1H2,(H,4,5);2-4H,1H3/p-2. The number of halogens is 2. The highest BCUT2D eigenvalue weighted by atomic mass is 79.9. The Kier molecular flexibility index (Phi) is 21.2. The largest absolute Gasteiger partial charge is 0.549 e. The van der Waals surface area contributed by atoms with Gasteiger partial charge in [-0.05, 0) is 6.92 Å². The van der Waals surface area contributed by atoms with Crippen LogP contribution in [0.3, 0.4) is 0 Å². The van der Waals surface area contributed by atoms with E-state index in [1.165, 1.54) is 6.92 Å². The highest BCUT2D eigenvalue weighted by Gasteiger charge is 1.70. The van der Waals surface area contributed by atoms with Gasteiger partial charge in [0.25, 0.3) is 0 Å². The van der Waals surface area contributed by atoms with Crippen LogP contribution in [0.5, 0.6) is 0 Å². The van der Waals surface area contributed by atoms with Gasteiger partial charge in [0.15, 0.2) is 0 Å². The Hall–Kier alpha value is -0.180. The van der Waals surface area contributed by atoms with E-state index in [1.807, 2.05) is 0 Å². The zero-order valence-corrected chi connectivity index (χ0v) is 10.4. The van der Waals surface area contributed by atoms with E-state index in [0.717, 1.165) is 0 Å². The monoisotopic (exact) mass is 336 g/mol. The molecule has 0 spiro atoms. The summed E-state index contributed by atoms with van der Waals surface area (Å²) < 4.78 is 0. The molecule has 2 N–H and O–H groups in total. The highest BCUT2D eigenvalue weighted by molar-refractivity contribution is 9.09. The van der Waals surface area contributed by atoms with Gasteiger partial charge in [0.1, 0.15) is 6.29 Å². The number of carbonyl (C=O) groups excluding carboxylic acids is 2. The minimum atomic E-state index is -1.17. The van der Waals surface area contributed by atoms with E-state index in [-0.39, 0.29) is 10.7 Å². The molecule has 0 heterocycles. The normalized spacial score (nSPS) is 7.86. The summed E-state index contributed by atoms with van der Waals surface area (Å²) in [6, 6.07) is 0. The van der Waals surface area contributed by atoms with Crippen molar-refractivity contribution < 1.29 is 30.0 Å². The van der Waals surface area contributed by atoms with E-state index in [2.05, 4.69) is 31.9 Å². The van der Waals surface area contributed by atoms with Crippen molar-refractivity contribution in [3.05, 3.63) is 0 Å². The fourth-order valence-corrected chi connectivity index (χ4v) is 0. The molecule has 8 heteroatoms. The summed E-state index contributed by atoms with van der Waals surface area (Å²) in [4.78, 5) is 18.4. The topological polar surface area (TPSA) is 121 Å². The molecule has 0 aromatic heterocycles. The molecule has 0 aliphatic rings.